The first kappa shape index (κ1) is 23.8. The van der Waals surface area contributed by atoms with Crippen LogP contribution in [-0.2, 0) is 14.3 Å². The standard InChI is InChI=1S/C27H33N3O4/c1-27(2)15-21-25(23(31)16-27)26(18-9-11-19(34-4)12-10-18)30(17-24(32)28-13-14-33-3)22-8-6-5-7-20(22)29-21/h5-12,26,29H,13-17H2,1-4H3,(H,28,32)/t26-/m0/s1. The molecule has 2 aromatic carbocycles. The van der Waals surface area contributed by atoms with E-state index in [2.05, 4.69) is 24.5 Å². The number of amides is 1. The smallest absolute Gasteiger partial charge is 0.239 e. The summed E-state index contributed by atoms with van der Waals surface area (Å²) in [5, 5.41) is 6.49. The number of Topliss-reactive ketones (excluding diaryl/α,β-unsaturated/α-hetero) is 1. The van der Waals surface area contributed by atoms with Crippen molar-refractivity contribution in [3.05, 3.63) is 65.4 Å². The van der Waals surface area contributed by atoms with Crippen molar-refractivity contribution in [3.8, 4) is 5.75 Å². The Balaban J connectivity index is 1.85. The number of carbonyl (C=O) groups is 2. The van der Waals surface area contributed by atoms with Crippen LogP contribution in [0.25, 0.3) is 0 Å². The lowest BCUT2D eigenvalue weighted by Gasteiger charge is -2.38. The van der Waals surface area contributed by atoms with E-state index in [0.29, 0.717) is 19.6 Å². The molecule has 0 bridgehead atoms. The third-order valence-electron chi connectivity index (χ3n) is 6.38. The number of hydrogen-bond acceptors (Lipinski definition) is 6. The van der Waals surface area contributed by atoms with Gasteiger partial charge >= 0.3 is 0 Å². The molecule has 0 unspecified atom stereocenters. The summed E-state index contributed by atoms with van der Waals surface area (Å²) in [7, 11) is 3.23. The van der Waals surface area contributed by atoms with Gasteiger partial charge in [0.2, 0.25) is 5.91 Å². The van der Waals surface area contributed by atoms with Crippen LogP contribution < -0.4 is 20.3 Å². The average Bonchev–Trinajstić information content (AvgIpc) is 2.93. The SMILES string of the molecule is COCCNC(=O)CN1c2ccccc2NC2=C(C(=O)CC(C)(C)C2)[C@@H]1c1ccc(OC)cc1. The van der Waals surface area contributed by atoms with Gasteiger partial charge in [-0.2, -0.15) is 0 Å². The fourth-order valence-electron chi connectivity index (χ4n) is 4.86. The Kier molecular flexibility index (Phi) is 6.93. The fourth-order valence-corrected chi connectivity index (χ4v) is 4.86. The van der Waals surface area contributed by atoms with E-state index >= 15 is 0 Å². The van der Waals surface area contributed by atoms with E-state index in [9.17, 15) is 9.59 Å². The number of methoxy groups -OCH3 is 2. The number of allylic oxidation sites excluding steroid dienone is 1. The Morgan fingerprint density at radius 3 is 2.56 bits per heavy atom. The molecule has 0 fully saturated rings. The minimum atomic E-state index is -0.408. The molecule has 2 N–H and O–H groups in total. The Bertz CT molecular complexity index is 1090. The number of nitrogens with one attached hydrogen (secondary N) is 2. The van der Waals surface area contributed by atoms with Gasteiger partial charge in [0.1, 0.15) is 5.75 Å². The molecule has 1 aliphatic carbocycles. The Morgan fingerprint density at radius 2 is 1.85 bits per heavy atom. The quantitative estimate of drug-likeness (QED) is 0.603. The molecule has 1 amide bonds. The van der Waals surface area contributed by atoms with Crippen LogP contribution in [0, 0.1) is 5.41 Å². The molecule has 4 rings (SSSR count). The summed E-state index contributed by atoms with van der Waals surface area (Å²) in [5.41, 5.74) is 4.22. The first-order valence-electron chi connectivity index (χ1n) is 11.6. The number of benzene rings is 2. The minimum absolute atomic E-state index is 0.104. The number of hydrogen-bond donors (Lipinski definition) is 2. The van der Waals surface area contributed by atoms with E-state index in [0.717, 1.165) is 40.4 Å². The average molecular weight is 464 g/mol. The molecule has 0 saturated heterocycles. The summed E-state index contributed by atoms with van der Waals surface area (Å²) < 4.78 is 10.4. The van der Waals surface area contributed by atoms with Crippen molar-refractivity contribution in [2.75, 3.05) is 44.1 Å². The summed E-state index contributed by atoms with van der Waals surface area (Å²) in [6.07, 6.45) is 1.22. The second-order valence-electron chi connectivity index (χ2n) is 9.62. The van der Waals surface area contributed by atoms with E-state index in [4.69, 9.17) is 9.47 Å². The molecular weight excluding hydrogens is 430 g/mol. The van der Waals surface area contributed by atoms with E-state index in [1.54, 1.807) is 14.2 Å². The van der Waals surface area contributed by atoms with Crippen molar-refractivity contribution in [1.82, 2.24) is 5.32 Å². The molecule has 1 heterocycles. The molecule has 7 heteroatoms. The van der Waals surface area contributed by atoms with Crippen LogP contribution in [0.1, 0.15) is 38.3 Å². The summed E-state index contributed by atoms with van der Waals surface area (Å²) >= 11 is 0. The lowest BCUT2D eigenvalue weighted by molar-refractivity contribution is -0.121. The van der Waals surface area contributed by atoms with Gasteiger partial charge in [-0.3, -0.25) is 9.59 Å². The van der Waals surface area contributed by atoms with Gasteiger partial charge in [-0.05, 0) is 41.7 Å². The molecule has 180 valence electrons. The van der Waals surface area contributed by atoms with Crippen LogP contribution in [-0.4, -0.2) is 45.6 Å². The summed E-state index contributed by atoms with van der Waals surface area (Å²) in [6, 6.07) is 15.3. The molecule has 7 nitrogen and oxygen atoms in total. The first-order chi connectivity index (χ1) is 16.3. The Labute approximate surface area is 201 Å². The minimum Gasteiger partial charge on any atom is -0.497 e. The zero-order valence-corrected chi connectivity index (χ0v) is 20.3. The number of ether oxygens (including phenoxy) is 2. The predicted octanol–water partition coefficient (Wildman–Crippen LogP) is 4.07. The van der Waals surface area contributed by atoms with E-state index in [1.165, 1.54) is 0 Å². The molecular formula is C27H33N3O4. The van der Waals surface area contributed by atoms with E-state index < -0.39 is 6.04 Å². The summed E-state index contributed by atoms with van der Waals surface area (Å²) in [4.78, 5) is 28.6. The Hall–Kier alpha value is -3.32. The second-order valence-corrected chi connectivity index (χ2v) is 9.62. The number of rotatable bonds is 7. The molecule has 2 aromatic rings. The van der Waals surface area contributed by atoms with Gasteiger partial charge < -0.3 is 25.0 Å². The van der Waals surface area contributed by atoms with Gasteiger partial charge in [0.25, 0.3) is 0 Å². The number of carbonyl (C=O) groups excluding carboxylic acids is 2. The molecule has 1 aliphatic heterocycles. The largest absolute Gasteiger partial charge is 0.497 e. The first-order valence-corrected chi connectivity index (χ1v) is 11.6. The van der Waals surface area contributed by atoms with Crippen molar-refractivity contribution in [1.29, 1.82) is 0 Å². The highest BCUT2D eigenvalue weighted by atomic mass is 16.5. The molecule has 0 spiro atoms. The van der Waals surface area contributed by atoms with Crippen LogP contribution in [0.4, 0.5) is 11.4 Å². The van der Waals surface area contributed by atoms with E-state index in [-0.39, 0.29) is 23.7 Å². The van der Waals surface area contributed by atoms with Gasteiger partial charge in [0, 0.05) is 31.3 Å². The summed E-state index contributed by atoms with van der Waals surface area (Å²) in [5.74, 6) is 0.722. The highest BCUT2D eigenvalue weighted by molar-refractivity contribution is 6.01. The zero-order chi connectivity index (χ0) is 24.3. The monoisotopic (exact) mass is 463 g/mol. The predicted molar refractivity (Wildman–Crippen MR) is 133 cm³/mol. The van der Waals surface area contributed by atoms with Crippen molar-refractivity contribution < 1.29 is 19.1 Å². The Morgan fingerprint density at radius 1 is 1.12 bits per heavy atom. The number of ketones is 1. The van der Waals surface area contributed by atoms with Gasteiger partial charge in [-0.1, -0.05) is 38.1 Å². The molecule has 0 radical (unpaired) electrons. The molecule has 0 aromatic heterocycles. The van der Waals surface area contributed by atoms with Crippen LogP contribution in [0.3, 0.4) is 0 Å². The molecule has 0 saturated carbocycles. The van der Waals surface area contributed by atoms with Gasteiger partial charge in [0.15, 0.2) is 5.78 Å². The normalized spacial score (nSPS) is 19.0. The van der Waals surface area contributed by atoms with Crippen molar-refractivity contribution in [2.24, 2.45) is 5.41 Å². The molecule has 1 atom stereocenters. The van der Waals surface area contributed by atoms with Gasteiger partial charge in [0.05, 0.1) is 37.7 Å². The van der Waals surface area contributed by atoms with Crippen LogP contribution in [0.2, 0.25) is 0 Å². The number of para-hydroxylation sites is 2. The van der Waals surface area contributed by atoms with Crippen LogP contribution >= 0.6 is 0 Å². The topological polar surface area (TPSA) is 79.9 Å². The van der Waals surface area contributed by atoms with Crippen molar-refractivity contribution in [3.63, 3.8) is 0 Å². The molecule has 2 aliphatic rings. The maximum absolute atomic E-state index is 13.6. The third kappa shape index (κ3) is 4.94. The lowest BCUT2D eigenvalue weighted by atomic mass is 9.73. The van der Waals surface area contributed by atoms with Gasteiger partial charge in [-0.15, -0.1) is 0 Å². The van der Waals surface area contributed by atoms with Crippen LogP contribution in [0.5, 0.6) is 5.75 Å². The second kappa shape index (κ2) is 9.89. The highest BCUT2D eigenvalue weighted by Gasteiger charge is 2.41. The third-order valence-corrected chi connectivity index (χ3v) is 6.38. The summed E-state index contributed by atoms with van der Waals surface area (Å²) in [6.45, 7) is 5.21. The maximum atomic E-state index is 13.6. The number of nitrogens with zero attached hydrogens (tertiary/aromatic N) is 1. The van der Waals surface area contributed by atoms with Crippen molar-refractivity contribution in [2.45, 2.75) is 32.7 Å². The number of anilines is 2. The van der Waals surface area contributed by atoms with E-state index in [1.807, 2.05) is 53.4 Å². The van der Waals surface area contributed by atoms with Crippen molar-refractivity contribution >= 4 is 23.1 Å². The maximum Gasteiger partial charge on any atom is 0.239 e. The highest BCUT2D eigenvalue weighted by Crippen LogP contribution is 2.48. The zero-order valence-electron chi connectivity index (χ0n) is 20.3. The molecule has 34 heavy (non-hydrogen) atoms. The van der Waals surface area contributed by atoms with Gasteiger partial charge in [-0.25, -0.2) is 0 Å². The lowest BCUT2D eigenvalue weighted by Crippen LogP contribution is -2.42. The van der Waals surface area contributed by atoms with Crippen LogP contribution in [0.15, 0.2) is 59.8 Å². The number of fused-ring (bicyclic) bond motifs is 1. The fraction of sp³-hybridized carbons (Fsp3) is 0.407.